The minimum absolute atomic E-state index is 0.292. The van der Waals surface area contributed by atoms with E-state index in [9.17, 15) is 13.2 Å². The maximum absolute atomic E-state index is 12.8. The quantitative estimate of drug-likeness (QED) is 0.932. The Morgan fingerprint density at radius 1 is 1.29 bits per heavy atom. The van der Waals surface area contributed by atoms with Gasteiger partial charge in [-0.2, -0.15) is 13.2 Å². The normalized spacial score (nSPS) is 18.8. The van der Waals surface area contributed by atoms with Gasteiger partial charge in [0.05, 0.1) is 17.6 Å². The van der Waals surface area contributed by atoms with Crippen LogP contribution in [0, 0.1) is 0 Å². The fourth-order valence-corrected chi connectivity index (χ4v) is 2.55. The lowest BCUT2D eigenvalue weighted by Gasteiger charge is -2.39. The predicted octanol–water partition coefficient (Wildman–Crippen LogP) is 2.60. The van der Waals surface area contributed by atoms with Gasteiger partial charge in [0, 0.05) is 32.2 Å². The summed E-state index contributed by atoms with van der Waals surface area (Å²) >= 11 is 0. The molecule has 2 rings (SSSR count). The summed E-state index contributed by atoms with van der Waals surface area (Å²) < 4.78 is 38.3. The van der Waals surface area contributed by atoms with Crippen LogP contribution in [0.1, 0.15) is 26.0 Å². The molecule has 0 spiro atoms. The fourth-order valence-electron chi connectivity index (χ4n) is 2.55. The molecule has 118 valence electrons. The zero-order valence-corrected chi connectivity index (χ0v) is 12.3. The van der Waals surface area contributed by atoms with Crippen LogP contribution >= 0.6 is 0 Å². The van der Waals surface area contributed by atoms with Crippen molar-refractivity contribution in [3.05, 3.63) is 18.0 Å². The van der Waals surface area contributed by atoms with E-state index in [4.69, 9.17) is 5.73 Å². The van der Waals surface area contributed by atoms with E-state index in [0.29, 0.717) is 30.5 Å². The van der Waals surface area contributed by atoms with E-state index in [0.717, 1.165) is 31.8 Å². The highest BCUT2D eigenvalue weighted by molar-refractivity contribution is 5.67. The minimum Gasteiger partial charge on any atom is -0.396 e. The summed E-state index contributed by atoms with van der Waals surface area (Å²) in [5.74, 6) is 0. The van der Waals surface area contributed by atoms with E-state index in [1.54, 1.807) is 0 Å². The van der Waals surface area contributed by atoms with Gasteiger partial charge < -0.3 is 10.6 Å². The Balaban J connectivity index is 2.13. The van der Waals surface area contributed by atoms with Crippen LogP contribution in [0.5, 0.6) is 0 Å². The number of pyridine rings is 1. The van der Waals surface area contributed by atoms with Gasteiger partial charge in [0.2, 0.25) is 0 Å². The van der Waals surface area contributed by atoms with Gasteiger partial charge in [0.1, 0.15) is 5.69 Å². The lowest BCUT2D eigenvalue weighted by molar-refractivity contribution is -0.141. The van der Waals surface area contributed by atoms with Crippen LogP contribution in [0.15, 0.2) is 12.3 Å². The lowest BCUT2D eigenvalue weighted by Crippen LogP contribution is -2.49. The van der Waals surface area contributed by atoms with Crippen molar-refractivity contribution in [1.29, 1.82) is 0 Å². The second-order valence-corrected chi connectivity index (χ2v) is 5.41. The first-order chi connectivity index (χ1) is 9.82. The maximum atomic E-state index is 12.8. The van der Waals surface area contributed by atoms with E-state index in [-0.39, 0.29) is 0 Å². The fraction of sp³-hybridized carbons (Fsp3) is 0.643. The van der Waals surface area contributed by atoms with Gasteiger partial charge in [-0.05, 0) is 19.4 Å². The zero-order valence-electron chi connectivity index (χ0n) is 12.3. The first-order valence-electron chi connectivity index (χ1n) is 7.14. The molecule has 0 radical (unpaired) electrons. The maximum Gasteiger partial charge on any atom is 0.433 e. The van der Waals surface area contributed by atoms with Gasteiger partial charge in [-0.1, -0.05) is 6.92 Å². The summed E-state index contributed by atoms with van der Waals surface area (Å²) in [6.07, 6.45) is -2.28. The number of rotatable bonds is 3. The van der Waals surface area contributed by atoms with Crippen molar-refractivity contribution in [2.75, 3.05) is 36.8 Å². The number of nitrogens with two attached hydrogens (primary N) is 1. The lowest BCUT2D eigenvalue weighted by atomic mass is 10.1. The molecule has 1 fully saturated rings. The molecule has 4 nitrogen and oxygen atoms in total. The van der Waals surface area contributed by atoms with Gasteiger partial charge in [0.25, 0.3) is 0 Å². The van der Waals surface area contributed by atoms with Crippen molar-refractivity contribution in [3.8, 4) is 0 Å². The molecule has 0 aliphatic carbocycles. The van der Waals surface area contributed by atoms with E-state index >= 15 is 0 Å². The van der Waals surface area contributed by atoms with Crippen molar-refractivity contribution in [2.45, 2.75) is 32.5 Å². The van der Waals surface area contributed by atoms with Crippen LogP contribution in [0.3, 0.4) is 0 Å². The molecule has 1 aliphatic rings. The van der Waals surface area contributed by atoms with E-state index in [1.165, 1.54) is 0 Å². The van der Waals surface area contributed by atoms with Crippen molar-refractivity contribution >= 4 is 11.4 Å². The molecule has 21 heavy (non-hydrogen) atoms. The van der Waals surface area contributed by atoms with Crippen molar-refractivity contribution in [2.24, 2.45) is 0 Å². The molecule has 1 aliphatic heterocycles. The Labute approximate surface area is 122 Å². The highest BCUT2D eigenvalue weighted by atomic mass is 19.4. The number of halogens is 3. The Morgan fingerprint density at radius 3 is 2.43 bits per heavy atom. The topological polar surface area (TPSA) is 45.4 Å². The van der Waals surface area contributed by atoms with E-state index in [2.05, 4.69) is 23.7 Å². The molecule has 2 heterocycles. The number of anilines is 2. The third-order valence-electron chi connectivity index (χ3n) is 4.07. The second kappa shape index (κ2) is 6.09. The van der Waals surface area contributed by atoms with Crippen LogP contribution < -0.4 is 10.6 Å². The number of piperazine rings is 1. The summed E-state index contributed by atoms with van der Waals surface area (Å²) in [4.78, 5) is 7.63. The summed E-state index contributed by atoms with van der Waals surface area (Å²) in [7, 11) is 0. The molecule has 1 saturated heterocycles. The molecule has 7 heteroatoms. The average molecular weight is 302 g/mol. The number of hydrogen-bond donors (Lipinski definition) is 1. The van der Waals surface area contributed by atoms with Gasteiger partial charge in [-0.15, -0.1) is 0 Å². The number of nitrogen functional groups attached to an aromatic ring is 1. The molecular weight excluding hydrogens is 281 g/mol. The van der Waals surface area contributed by atoms with Gasteiger partial charge in [-0.3, -0.25) is 4.90 Å². The SMILES string of the molecule is CCC(C)N1CCN(c2cc(C(F)(F)F)ncc2N)CC1. The third-order valence-corrected chi connectivity index (χ3v) is 4.07. The zero-order chi connectivity index (χ0) is 15.6. The third kappa shape index (κ3) is 3.58. The van der Waals surface area contributed by atoms with Gasteiger partial charge in [0.15, 0.2) is 0 Å². The molecule has 2 N–H and O–H groups in total. The summed E-state index contributed by atoms with van der Waals surface area (Å²) in [5.41, 5.74) is 5.63. The Hall–Kier alpha value is -1.50. The first-order valence-corrected chi connectivity index (χ1v) is 7.14. The van der Waals surface area contributed by atoms with Crippen molar-refractivity contribution in [3.63, 3.8) is 0 Å². The summed E-state index contributed by atoms with van der Waals surface area (Å²) in [6, 6.07) is 1.54. The van der Waals surface area contributed by atoms with Crippen LogP contribution in [0.25, 0.3) is 0 Å². The van der Waals surface area contributed by atoms with Crippen LogP contribution in [0.2, 0.25) is 0 Å². The smallest absolute Gasteiger partial charge is 0.396 e. The monoisotopic (exact) mass is 302 g/mol. The molecule has 0 aromatic carbocycles. The summed E-state index contributed by atoms with van der Waals surface area (Å²) in [5, 5.41) is 0. The average Bonchev–Trinajstić information content (AvgIpc) is 2.46. The molecule has 0 amide bonds. The first kappa shape index (κ1) is 15.9. The minimum atomic E-state index is -4.44. The molecule has 1 aromatic heterocycles. The Bertz CT molecular complexity index is 482. The Morgan fingerprint density at radius 2 is 1.90 bits per heavy atom. The highest BCUT2D eigenvalue weighted by Crippen LogP contribution is 2.33. The molecule has 1 unspecified atom stereocenters. The summed E-state index contributed by atoms with van der Waals surface area (Å²) in [6.45, 7) is 7.31. The molecule has 1 aromatic rings. The number of aromatic nitrogens is 1. The number of alkyl halides is 3. The molecule has 0 bridgehead atoms. The second-order valence-electron chi connectivity index (χ2n) is 5.41. The van der Waals surface area contributed by atoms with Crippen LogP contribution in [0.4, 0.5) is 24.5 Å². The molecule has 1 atom stereocenters. The van der Waals surface area contributed by atoms with Crippen molar-refractivity contribution in [1.82, 2.24) is 9.88 Å². The van der Waals surface area contributed by atoms with Crippen LogP contribution in [-0.2, 0) is 6.18 Å². The molecular formula is C14H21F3N4. The number of nitrogens with zero attached hydrogens (tertiary/aromatic N) is 3. The van der Waals surface area contributed by atoms with Crippen molar-refractivity contribution < 1.29 is 13.2 Å². The standard InChI is InChI=1S/C14H21F3N4/c1-3-10(2)20-4-6-21(7-5-20)12-8-13(14(15,16)17)19-9-11(12)18/h8-10H,3-7,18H2,1-2H3. The van der Waals surface area contributed by atoms with Crippen LogP contribution in [-0.4, -0.2) is 42.1 Å². The Kier molecular flexibility index (Phi) is 4.61. The predicted molar refractivity (Wildman–Crippen MR) is 77.2 cm³/mol. The van der Waals surface area contributed by atoms with E-state index < -0.39 is 11.9 Å². The highest BCUT2D eigenvalue weighted by Gasteiger charge is 2.33. The van der Waals surface area contributed by atoms with E-state index in [1.807, 2.05) is 4.90 Å². The molecule has 0 saturated carbocycles. The van der Waals surface area contributed by atoms with Gasteiger partial charge >= 0.3 is 6.18 Å². The van der Waals surface area contributed by atoms with Gasteiger partial charge in [-0.25, -0.2) is 4.98 Å². The largest absolute Gasteiger partial charge is 0.433 e. The number of hydrogen-bond acceptors (Lipinski definition) is 4.